The van der Waals surface area contributed by atoms with Crippen molar-refractivity contribution < 1.29 is 9.53 Å². The zero-order valence-electron chi connectivity index (χ0n) is 13.2. The van der Waals surface area contributed by atoms with Gasteiger partial charge >= 0.3 is 0 Å². The highest BCUT2D eigenvalue weighted by Crippen LogP contribution is 2.23. The molecule has 0 bridgehead atoms. The Morgan fingerprint density at radius 3 is 2.29 bits per heavy atom. The topological polar surface area (TPSA) is 77.2 Å². The first-order valence-corrected chi connectivity index (χ1v) is 7.49. The lowest BCUT2D eigenvalue weighted by Crippen LogP contribution is -2.15. The van der Waals surface area contributed by atoms with Gasteiger partial charge in [-0.15, -0.1) is 0 Å². The molecule has 0 fully saturated rings. The average molecular weight is 319 g/mol. The van der Waals surface area contributed by atoms with Gasteiger partial charge in [0, 0.05) is 11.4 Å². The van der Waals surface area contributed by atoms with Crippen LogP contribution in [0.15, 0.2) is 66.7 Å². The quantitative estimate of drug-likeness (QED) is 0.761. The fourth-order valence-corrected chi connectivity index (χ4v) is 2.20. The van der Waals surface area contributed by atoms with Gasteiger partial charge in [0.15, 0.2) is 0 Å². The SMILES string of the molecule is Cc1ccc(C(=O)Nc2ccc(Oc3ccccc3)cc2)c(N)n1. The molecular weight excluding hydrogens is 302 g/mol. The van der Waals surface area contributed by atoms with E-state index in [0.717, 1.165) is 11.4 Å². The molecule has 24 heavy (non-hydrogen) atoms. The van der Waals surface area contributed by atoms with Gasteiger partial charge in [-0.2, -0.15) is 0 Å². The molecule has 3 rings (SSSR count). The summed E-state index contributed by atoms with van der Waals surface area (Å²) in [7, 11) is 0. The zero-order chi connectivity index (χ0) is 16.9. The van der Waals surface area contributed by atoms with Gasteiger partial charge in [0.2, 0.25) is 0 Å². The Morgan fingerprint density at radius 2 is 1.62 bits per heavy atom. The Balaban J connectivity index is 1.68. The monoisotopic (exact) mass is 319 g/mol. The number of anilines is 2. The average Bonchev–Trinajstić information content (AvgIpc) is 2.57. The van der Waals surface area contributed by atoms with Gasteiger partial charge in [-0.05, 0) is 55.5 Å². The number of pyridine rings is 1. The summed E-state index contributed by atoms with van der Waals surface area (Å²) in [5.74, 6) is 1.37. The van der Waals surface area contributed by atoms with E-state index in [4.69, 9.17) is 10.5 Å². The summed E-state index contributed by atoms with van der Waals surface area (Å²) >= 11 is 0. The van der Waals surface area contributed by atoms with Crippen molar-refractivity contribution in [3.05, 3.63) is 78.0 Å². The zero-order valence-corrected chi connectivity index (χ0v) is 13.2. The normalized spacial score (nSPS) is 10.2. The number of nitrogens with two attached hydrogens (primary N) is 1. The number of ether oxygens (including phenoxy) is 1. The second-order valence-corrected chi connectivity index (χ2v) is 5.28. The number of benzene rings is 2. The van der Waals surface area contributed by atoms with Crippen molar-refractivity contribution in [1.29, 1.82) is 0 Å². The van der Waals surface area contributed by atoms with Crippen LogP contribution in [0, 0.1) is 6.92 Å². The number of aryl methyl sites for hydroxylation is 1. The summed E-state index contributed by atoms with van der Waals surface area (Å²) in [6, 6.07) is 20.0. The molecule has 0 saturated heterocycles. The van der Waals surface area contributed by atoms with Gasteiger partial charge in [0.05, 0.1) is 5.56 Å². The first kappa shape index (κ1) is 15.6. The van der Waals surface area contributed by atoms with Crippen LogP contribution in [-0.4, -0.2) is 10.9 Å². The van der Waals surface area contributed by atoms with E-state index in [0.29, 0.717) is 17.0 Å². The minimum Gasteiger partial charge on any atom is -0.457 e. The summed E-state index contributed by atoms with van der Waals surface area (Å²) in [6.07, 6.45) is 0. The van der Waals surface area contributed by atoms with E-state index in [9.17, 15) is 4.79 Å². The number of amides is 1. The molecule has 0 aliphatic heterocycles. The van der Waals surface area contributed by atoms with Crippen LogP contribution in [0.5, 0.6) is 11.5 Å². The van der Waals surface area contributed by atoms with Crippen molar-refractivity contribution in [1.82, 2.24) is 4.98 Å². The van der Waals surface area contributed by atoms with E-state index >= 15 is 0 Å². The van der Waals surface area contributed by atoms with E-state index in [1.165, 1.54) is 0 Å². The van der Waals surface area contributed by atoms with Crippen LogP contribution in [-0.2, 0) is 0 Å². The molecule has 3 N–H and O–H groups in total. The third-order valence-electron chi connectivity index (χ3n) is 3.40. The van der Waals surface area contributed by atoms with Gasteiger partial charge in [-0.3, -0.25) is 4.79 Å². The largest absolute Gasteiger partial charge is 0.457 e. The molecule has 0 atom stereocenters. The second-order valence-electron chi connectivity index (χ2n) is 5.28. The maximum Gasteiger partial charge on any atom is 0.259 e. The molecule has 2 aromatic carbocycles. The Kier molecular flexibility index (Phi) is 4.43. The minimum absolute atomic E-state index is 0.219. The standard InChI is InChI=1S/C19H17N3O2/c1-13-7-12-17(18(20)21-13)19(23)22-14-8-10-16(11-9-14)24-15-5-3-2-4-6-15/h2-12H,1H3,(H2,20,21)(H,22,23). The van der Waals surface area contributed by atoms with Crippen molar-refractivity contribution in [3.8, 4) is 11.5 Å². The second kappa shape index (κ2) is 6.83. The number of rotatable bonds is 4. The van der Waals surface area contributed by atoms with Crippen molar-refractivity contribution in [2.75, 3.05) is 11.1 Å². The molecule has 1 aromatic heterocycles. The van der Waals surface area contributed by atoms with Crippen molar-refractivity contribution in [2.24, 2.45) is 0 Å². The van der Waals surface area contributed by atoms with Gasteiger partial charge < -0.3 is 15.8 Å². The Bertz CT molecular complexity index is 846. The minimum atomic E-state index is -0.295. The van der Waals surface area contributed by atoms with Crippen LogP contribution in [0.2, 0.25) is 0 Å². The molecule has 0 aliphatic carbocycles. The fourth-order valence-electron chi connectivity index (χ4n) is 2.20. The Hall–Kier alpha value is -3.34. The number of hydrogen-bond acceptors (Lipinski definition) is 4. The molecular formula is C19H17N3O2. The Labute approximate surface area is 140 Å². The number of aromatic nitrogens is 1. The first-order chi connectivity index (χ1) is 11.6. The molecule has 1 amide bonds. The Morgan fingerprint density at radius 1 is 0.958 bits per heavy atom. The van der Waals surface area contributed by atoms with Crippen LogP contribution in [0.1, 0.15) is 16.1 Å². The fraction of sp³-hybridized carbons (Fsp3) is 0.0526. The van der Waals surface area contributed by atoms with Crippen molar-refractivity contribution >= 4 is 17.4 Å². The number of nitrogens with zero attached hydrogens (tertiary/aromatic N) is 1. The van der Waals surface area contributed by atoms with Crippen LogP contribution in [0.4, 0.5) is 11.5 Å². The molecule has 5 nitrogen and oxygen atoms in total. The number of nitrogens with one attached hydrogen (secondary N) is 1. The van der Waals surface area contributed by atoms with Gasteiger partial charge in [-0.25, -0.2) is 4.98 Å². The van der Waals surface area contributed by atoms with Crippen LogP contribution >= 0.6 is 0 Å². The number of carbonyl (C=O) groups excluding carboxylic acids is 1. The highest BCUT2D eigenvalue weighted by atomic mass is 16.5. The first-order valence-electron chi connectivity index (χ1n) is 7.49. The predicted molar refractivity (Wildman–Crippen MR) is 94.3 cm³/mol. The van der Waals surface area contributed by atoms with Crippen molar-refractivity contribution in [2.45, 2.75) is 6.92 Å². The molecule has 3 aromatic rings. The van der Waals surface area contributed by atoms with E-state index in [2.05, 4.69) is 10.3 Å². The number of carbonyl (C=O) groups is 1. The summed E-state index contributed by atoms with van der Waals surface area (Å²) in [6.45, 7) is 1.82. The predicted octanol–water partition coefficient (Wildman–Crippen LogP) is 4.02. The number of nitrogen functional groups attached to an aromatic ring is 1. The van der Waals surface area contributed by atoms with E-state index in [-0.39, 0.29) is 11.7 Å². The third-order valence-corrected chi connectivity index (χ3v) is 3.40. The lowest BCUT2D eigenvalue weighted by atomic mass is 10.2. The van der Waals surface area contributed by atoms with Crippen LogP contribution in [0.3, 0.4) is 0 Å². The molecule has 0 unspecified atom stereocenters. The van der Waals surface area contributed by atoms with Crippen LogP contribution in [0.25, 0.3) is 0 Å². The maximum absolute atomic E-state index is 12.3. The number of hydrogen-bond donors (Lipinski definition) is 2. The summed E-state index contributed by atoms with van der Waals surface area (Å²) in [5, 5.41) is 2.80. The lowest BCUT2D eigenvalue weighted by molar-refractivity contribution is 0.102. The molecule has 1 heterocycles. The van der Waals surface area contributed by atoms with E-state index in [1.54, 1.807) is 36.4 Å². The molecule has 0 radical (unpaired) electrons. The molecule has 0 saturated carbocycles. The maximum atomic E-state index is 12.3. The van der Waals surface area contributed by atoms with Gasteiger partial charge in [0.25, 0.3) is 5.91 Å². The van der Waals surface area contributed by atoms with Gasteiger partial charge in [-0.1, -0.05) is 18.2 Å². The third kappa shape index (κ3) is 3.70. The lowest BCUT2D eigenvalue weighted by Gasteiger charge is -2.09. The molecule has 5 heteroatoms. The van der Waals surface area contributed by atoms with Crippen LogP contribution < -0.4 is 15.8 Å². The highest BCUT2D eigenvalue weighted by molar-refractivity contribution is 6.07. The summed E-state index contributed by atoms with van der Waals surface area (Å²) in [4.78, 5) is 16.4. The number of para-hydroxylation sites is 1. The van der Waals surface area contributed by atoms with Crippen molar-refractivity contribution in [3.63, 3.8) is 0 Å². The summed E-state index contributed by atoms with van der Waals surface area (Å²) in [5.41, 5.74) is 7.57. The molecule has 120 valence electrons. The van der Waals surface area contributed by atoms with E-state index < -0.39 is 0 Å². The molecule has 0 spiro atoms. The van der Waals surface area contributed by atoms with Gasteiger partial charge in [0.1, 0.15) is 17.3 Å². The highest BCUT2D eigenvalue weighted by Gasteiger charge is 2.11. The smallest absolute Gasteiger partial charge is 0.259 e. The summed E-state index contributed by atoms with van der Waals surface area (Å²) < 4.78 is 5.71. The van der Waals surface area contributed by atoms with E-state index in [1.807, 2.05) is 37.3 Å². The molecule has 0 aliphatic rings.